The lowest BCUT2D eigenvalue weighted by atomic mass is 10.1. The molecule has 0 saturated heterocycles. The van der Waals surface area contributed by atoms with Gasteiger partial charge in [0, 0.05) is 35.6 Å². The van der Waals surface area contributed by atoms with E-state index in [9.17, 15) is 13.0 Å². The van der Waals surface area contributed by atoms with Crippen molar-refractivity contribution in [3.63, 3.8) is 0 Å². The van der Waals surface area contributed by atoms with Crippen molar-refractivity contribution in [3.05, 3.63) is 48.7 Å². The Balaban J connectivity index is 2.07. The van der Waals surface area contributed by atoms with Gasteiger partial charge in [-0.2, -0.15) is 0 Å². The first-order valence-electron chi connectivity index (χ1n) is 9.51. The van der Waals surface area contributed by atoms with Crippen LogP contribution < -0.4 is 14.8 Å². The van der Waals surface area contributed by atoms with Gasteiger partial charge in [-0.25, -0.2) is 22.8 Å². The fourth-order valence-electron chi connectivity index (χ4n) is 2.95. The summed E-state index contributed by atoms with van der Waals surface area (Å²) in [5.41, 5.74) is 2.30. The smallest absolute Gasteiger partial charge is 0.241 e. The Labute approximate surface area is 190 Å². The first-order chi connectivity index (χ1) is 14.5. The van der Waals surface area contributed by atoms with E-state index in [0.717, 1.165) is 21.1 Å². The Morgan fingerprint density at radius 2 is 1.71 bits per heavy atom. The zero-order valence-corrected chi connectivity index (χ0v) is 20.5. The summed E-state index contributed by atoms with van der Waals surface area (Å²) in [6.45, 7) is 5.35. The summed E-state index contributed by atoms with van der Waals surface area (Å²) >= 11 is 0.0909. The van der Waals surface area contributed by atoms with E-state index < -0.39 is 26.9 Å². The summed E-state index contributed by atoms with van der Waals surface area (Å²) in [5.74, 6) is 0. The Morgan fingerprint density at radius 1 is 1.06 bits per heavy atom. The summed E-state index contributed by atoms with van der Waals surface area (Å²) < 4.78 is 43.4. The van der Waals surface area contributed by atoms with Crippen LogP contribution in [-0.4, -0.2) is 36.8 Å². The summed E-state index contributed by atoms with van der Waals surface area (Å²) in [4.78, 5) is 5.34. The number of sulfonamides is 1. The molecule has 0 fully saturated rings. The van der Waals surface area contributed by atoms with Crippen molar-refractivity contribution >= 4 is 44.1 Å². The quantitative estimate of drug-likeness (QED) is 0.437. The minimum Gasteiger partial charge on any atom is -0.593 e. The van der Waals surface area contributed by atoms with E-state index in [2.05, 4.69) is 19.7 Å². The molecule has 31 heavy (non-hydrogen) atoms. The third kappa shape index (κ3) is 5.98. The number of hydrogen-bond acceptors (Lipinski definition) is 7. The fourth-order valence-corrected chi connectivity index (χ4v) is 6.10. The predicted molar refractivity (Wildman–Crippen MR) is 130 cm³/mol. The second-order valence-corrected chi connectivity index (χ2v) is 11.8. The molecule has 3 rings (SSSR count). The molecule has 166 valence electrons. The van der Waals surface area contributed by atoms with Gasteiger partial charge in [-0.15, -0.1) is 11.3 Å². The monoisotopic (exact) mass is 478 g/mol. The predicted octanol–water partition coefficient (Wildman–Crippen LogP) is 4.30. The van der Waals surface area contributed by atoms with Crippen LogP contribution in [-0.2, 0) is 21.4 Å². The lowest BCUT2D eigenvalue weighted by Crippen LogP contribution is -2.40. The highest BCUT2D eigenvalue weighted by Gasteiger charge is 2.26. The molecule has 0 aliphatic rings. The Kier molecular flexibility index (Phi) is 6.97. The van der Waals surface area contributed by atoms with Crippen LogP contribution in [0, 0.1) is 0 Å². The topological polar surface area (TPSA) is 106 Å². The maximum absolute atomic E-state index is 13.2. The van der Waals surface area contributed by atoms with Gasteiger partial charge in [0.1, 0.15) is 11.3 Å². The molecule has 0 amide bonds. The number of benzene rings is 2. The number of rotatable bonds is 7. The van der Waals surface area contributed by atoms with Crippen LogP contribution in [0.1, 0.15) is 20.8 Å². The van der Waals surface area contributed by atoms with Gasteiger partial charge in [0.05, 0.1) is 26.8 Å². The van der Waals surface area contributed by atoms with Crippen molar-refractivity contribution < 1.29 is 13.0 Å². The summed E-state index contributed by atoms with van der Waals surface area (Å²) in [7, 11) is -1.98. The molecular formula is C21H26N4O3S3. The molecule has 3 aromatic rings. The molecule has 10 heteroatoms. The van der Waals surface area contributed by atoms with Crippen molar-refractivity contribution in [2.24, 2.45) is 0 Å². The number of nitrogens with one attached hydrogen (secondary N) is 3. The summed E-state index contributed by atoms with van der Waals surface area (Å²) in [6, 6.07) is 12.8. The SMILES string of the molecule is CNc1ccc(-c2ncc(-c3ccc(N[S+](C)[O-])cc3S(=O)(=O)NC(C)(C)C)s2)cc1. The molecule has 1 unspecified atom stereocenters. The lowest BCUT2D eigenvalue weighted by molar-refractivity contribution is 0.491. The van der Waals surface area contributed by atoms with Crippen LogP contribution in [0.4, 0.5) is 11.4 Å². The molecule has 0 aliphatic carbocycles. The molecule has 2 aromatic carbocycles. The zero-order valence-electron chi connectivity index (χ0n) is 18.0. The maximum atomic E-state index is 13.2. The molecule has 0 aliphatic heterocycles. The lowest BCUT2D eigenvalue weighted by Gasteiger charge is -2.22. The third-order valence-electron chi connectivity index (χ3n) is 4.16. The van der Waals surface area contributed by atoms with Crippen molar-refractivity contribution in [1.29, 1.82) is 0 Å². The van der Waals surface area contributed by atoms with E-state index in [1.165, 1.54) is 23.7 Å². The fraction of sp³-hybridized carbons (Fsp3) is 0.286. The van der Waals surface area contributed by atoms with Crippen LogP contribution >= 0.6 is 11.3 Å². The number of thiazole rings is 1. The van der Waals surface area contributed by atoms with Crippen LogP contribution in [0.15, 0.2) is 53.6 Å². The van der Waals surface area contributed by atoms with E-state index in [-0.39, 0.29) is 4.90 Å². The number of nitrogens with zero attached hydrogens (tertiary/aromatic N) is 1. The van der Waals surface area contributed by atoms with E-state index >= 15 is 0 Å². The minimum absolute atomic E-state index is 0.110. The van der Waals surface area contributed by atoms with Crippen molar-refractivity contribution in [2.75, 3.05) is 23.3 Å². The van der Waals surface area contributed by atoms with Crippen molar-refractivity contribution in [1.82, 2.24) is 9.71 Å². The molecule has 0 bridgehead atoms. The summed E-state index contributed by atoms with van der Waals surface area (Å²) in [5, 5.41) is 3.87. The Bertz CT molecular complexity index is 1150. The van der Waals surface area contributed by atoms with Crippen molar-refractivity contribution in [3.8, 4) is 21.0 Å². The highest BCUT2D eigenvalue weighted by Crippen LogP contribution is 2.37. The molecule has 0 saturated carbocycles. The van der Waals surface area contributed by atoms with E-state index in [1.807, 2.05) is 31.3 Å². The third-order valence-corrected chi connectivity index (χ3v) is 7.57. The Hall–Kier alpha value is -2.11. The Morgan fingerprint density at radius 3 is 2.29 bits per heavy atom. The van der Waals surface area contributed by atoms with Gasteiger partial charge in [-0.1, -0.05) is 0 Å². The average Bonchev–Trinajstić information content (AvgIpc) is 3.16. The highest BCUT2D eigenvalue weighted by atomic mass is 32.2. The van der Waals surface area contributed by atoms with Crippen molar-refractivity contribution in [2.45, 2.75) is 31.2 Å². The first kappa shape index (κ1) is 23.6. The van der Waals surface area contributed by atoms with E-state index in [1.54, 1.807) is 39.1 Å². The second kappa shape index (κ2) is 9.17. The minimum atomic E-state index is -3.84. The first-order valence-corrected chi connectivity index (χ1v) is 13.4. The molecule has 0 spiro atoms. The number of hydrogen-bond donors (Lipinski definition) is 3. The van der Waals surface area contributed by atoms with Gasteiger partial charge in [-0.05, 0) is 63.2 Å². The van der Waals surface area contributed by atoms with Gasteiger partial charge in [0.15, 0.2) is 0 Å². The van der Waals surface area contributed by atoms with Gasteiger partial charge in [-0.3, -0.25) is 0 Å². The molecular weight excluding hydrogens is 452 g/mol. The maximum Gasteiger partial charge on any atom is 0.241 e. The molecule has 1 aromatic heterocycles. The highest BCUT2D eigenvalue weighted by molar-refractivity contribution is 7.92. The molecule has 7 nitrogen and oxygen atoms in total. The zero-order chi connectivity index (χ0) is 22.8. The van der Waals surface area contributed by atoms with Gasteiger partial charge in [0.25, 0.3) is 0 Å². The molecule has 1 heterocycles. The molecule has 1 atom stereocenters. The number of aromatic nitrogens is 1. The second-order valence-electron chi connectivity index (χ2n) is 7.98. The standard InChI is InChI=1S/C21H26N4O3S3/c1-21(2,3)25-31(27,28)19-12-16(24-30(5)26)10-11-17(19)18-13-23-20(29-18)14-6-8-15(22-4)9-7-14/h6-13,22,24-25H,1-5H3. The molecule has 3 N–H and O–H groups in total. The van der Waals surface area contributed by atoms with Crippen LogP contribution in [0.25, 0.3) is 21.0 Å². The van der Waals surface area contributed by atoms with Crippen LogP contribution in [0.2, 0.25) is 0 Å². The van der Waals surface area contributed by atoms with Crippen LogP contribution in [0.5, 0.6) is 0 Å². The van der Waals surface area contributed by atoms with E-state index in [0.29, 0.717) is 11.3 Å². The van der Waals surface area contributed by atoms with Gasteiger partial charge >= 0.3 is 0 Å². The average molecular weight is 479 g/mol. The normalized spacial score (nSPS) is 13.1. The summed E-state index contributed by atoms with van der Waals surface area (Å²) in [6.07, 6.45) is 3.17. The van der Waals surface area contributed by atoms with Crippen LogP contribution in [0.3, 0.4) is 0 Å². The van der Waals surface area contributed by atoms with Gasteiger partial charge < -0.3 is 9.87 Å². The largest absolute Gasteiger partial charge is 0.593 e. The molecule has 0 radical (unpaired) electrons. The number of anilines is 2. The van der Waals surface area contributed by atoms with Gasteiger partial charge in [0.2, 0.25) is 10.0 Å². The van der Waals surface area contributed by atoms with E-state index in [4.69, 9.17) is 0 Å².